The monoisotopic (exact) mass is 154 g/mol. The Morgan fingerprint density at radius 1 is 1.80 bits per heavy atom. The van der Waals surface area contributed by atoms with Crippen LogP contribution in [0.1, 0.15) is 6.42 Å². The van der Waals surface area contributed by atoms with E-state index in [2.05, 4.69) is 20.9 Å². The average Bonchev–Trinajstić information content (AvgIpc) is 2.59. The van der Waals surface area contributed by atoms with Crippen molar-refractivity contribution >= 4 is 17.2 Å². The minimum absolute atomic E-state index is 1.00. The molecule has 2 rings (SSSR count). The summed E-state index contributed by atoms with van der Waals surface area (Å²) in [5, 5.41) is 4.06. The standard InChI is InChI=1S/C6H8N3S/c1-2-8-9(3-1)6-4-10-5-7-6/h4,8H,1-3H2. The van der Waals surface area contributed by atoms with Crippen molar-refractivity contribution in [2.24, 2.45) is 0 Å². The number of aromatic nitrogens is 1. The summed E-state index contributed by atoms with van der Waals surface area (Å²) in [5.41, 5.74) is 6.03. The zero-order chi connectivity index (χ0) is 6.81. The molecule has 53 valence electrons. The molecule has 0 unspecified atom stereocenters. The van der Waals surface area contributed by atoms with E-state index in [9.17, 15) is 0 Å². The van der Waals surface area contributed by atoms with Gasteiger partial charge in [0.25, 0.3) is 0 Å². The van der Waals surface area contributed by atoms with Gasteiger partial charge >= 0.3 is 0 Å². The molecule has 0 atom stereocenters. The fourth-order valence-electron chi connectivity index (χ4n) is 1.03. The summed E-state index contributed by atoms with van der Waals surface area (Å²) in [6.07, 6.45) is 1.21. The first-order valence-electron chi connectivity index (χ1n) is 3.29. The normalized spacial score (nSPS) is 18.2. The number of hydrazine groups is 1. The zero-order valence-corrected chi connectivity index (χ0v) is 6.32. The molecular formula is C6H8N3S. The number of anilines is 1. The Morgan fingerprint density at radius 3 is 3.40 bits per heavy atom. The van der Waals surface area contributed by atoms with Crippen molar-refractivity contribution in [3.63, 3.8) is 0 Å². The zero-order valence-electron chi connectivity index (χ0n) is 5.50. The Kier molecular flexibility index (Phi) is 1.56. The maximum absolute atomic E-state index is 4.06. The van der Waals surface area contributed by atoms with Crippen molar-refractivity contribution in [2.45, 2.75) is 6.42 Å². The third-order valence-electron chi connectivity index (χ3n) is 1.51. The summed E-state index contributed by atoms with van der Waals surface area (Å²) < 4.78 is 0. The second-order valence-electron chi connectivity index (χ2n) is 2.21. The minimum Gasteiger partial charge on any atom is -0.291 e. The molecule has 0 bridgehead atoms. The molecule has 1 fully saturated rings. The van der Waals surface area contributed by atoms with E-state index < -0.39 is 0 Å². The first kappa shape index (κ1) is 6.12. The summed E-state index contributed by atoms with van der Waals surface area (Å²) in [7, 11) is 0. The molecule has 0 aromatic carbocycles. The molecule has 0 amide bonds. The lowest BCUT2D eigenvalue weighted by atomic mass is 10.5. The van der Waals surface area contributed by atoms with Gasteiger partial charge in [0.05, 0.1) is 0 Å². The van der Waals surface area contributed by atoms with Crippen LogP contribution in [0.2, 0.25) is 0 Å². The van der Waals surface area contributed by atoms with Crippen LogP contribution in [0.3, 0.4) is 0 Å². The van der Waals surface area contributed by atoms with Gasteiger partial charge in [-0.3, -0.25) is 5.01 Å². The number of hydrogen-bond acceptors (Lipinski definition) is 4. The molecule has 2 heterocycles. The second-order valence-corrected chi connectivity index (χ2v) is 2.86. The summed E-state index contributed by atoms with van der Waals surface area (Å²) in [6, 6.07) is 0. The molecule has 10 heavy (non-hydrogen) atoms. The van der Waals surface area contributed by atoms with Crippen LogP contribution in [0.4, 0.5) is 5.82 Å². The van der Waals surface area contributed by atoms with E-state index >= 15 is 0 Å². The van der Waals surface area contributed by atoms with Crippen LogP contribution in [-0.2, 0) is 0 Å². The van der Waals surface area contributed by atoms with Crippen molar-refractivity contribution in [2.75, 3.05) is 18.1 Å². The molecule has 1 aliphatic heterocycles. The van der Waals surface area contributed by atoms with Crippen LogP contribution in [0.5, 0.6) is 0 Å². The van der Waals surface area contributed by atoms with Crippen molar-refractivity contribution in [3.8, 4) is 0 Å². The highest BCUT2D eigenvalue weighted by Crippen LogP contribution is 2.13. The molecule has 0 aliphatic carbocycles. The maximum Gasteiger partial charge on any atom is 0.154 e. The van der Waals surface area contributed by atoms with Crippen molar-refractivity contribution < 1.29 is 0 Å². The first-order valence-corrected chi connectivity index (χ1v) is 4.17. The van der Waals surface area contributed by atoms with Gasteiger partial charge < -0.3 is 0 Å². The van der Waals surface area contributed by atoms with Gasteiger partial charge in [-0.2, -0.15) is 0 Å². The average molecular weight is 154 g/mol. The number of hydrogen-bond donors (Lipinski definition) is 1. The molecule has 1 aromatic heterocycles. The smallest absolute Gasteiger partial charge is 0.154 e. The molecule has 1 saturated heterocycles. The Labute approximate surface area is 63.7 Å². The van der Waals surface area contributed by atoms with Crippen molar-refractivity contribution in [1.82, 2.24) is 10.4 Å². The van der Waals surface area contributed by atoms with E-state index in [0.717, 1.165) is 18.9 Å². The molecule has 0 saturated carbocycles. The largest absolute Gasteiger partial charge is 0.291 e. The van der Waals surface area contributed by atoms with Gasteiger partial charge in [0, 0.05) is 18.5 Å². The Balaban J connectivity index is 2.12. The Morgan fingerprint density at radius 2 is 2.80 bits per heavy atom. The Hall–Kier alpha value is -0.610. The van der Waals surface area contributed by atoms with Crippen LogP contribution in [0.15, 0.2) is 5.38 Å². The molecular weight excluding hydrogens is 146 g/mol. The van der Waals surface area contributed by atoms with E-state index in [-0.39, 0.29) is 0 Å². The highest BCUT2D eigenvalue weighted by atomic mass is 32.1. The quantitative estimate of drug-likeness (QED) is 0.644. The summed E-state index contributed by atoms with van der Waals surface area (Å²) in [6.45, 7) is 2.13. The lowest BCUT2D eigenvalue weighted by Gasteiger charge is -2.12. The van der Waals surface area contributed by atoms with E-state index in [1.54, 1.807) is 0 Å². The summed E-state index contributed by atoms with van der Waals surface area (Å²) in [4.78, 5) is 4.06. The van der Waals surface area contributed by atoms with Crippen LogP contribution < -0.4 is 10.4 Å². The van der Waals surface area contributed by atoms with Crippen molar-refractivity contribution in [3.05, 3.63) is 10.9 Å². The second kappa shape index (κ2) is 2.56. The van der Waals surface area contributed by atoms with Gasteiger partial charge in [-0.05, 0) is 6.42 Å². The fraction of sp³-hybridized carbons (Fsp3) is 0.500. The van der Waals surface area contributed by atoms with Crippen LogP contribution in [0.25, 0.3) is 0 Å². The highest BCUT2D eigenvalue weighted by Gasteiger charge is 2.12. The SMILES string of the molecule is [c]1nc(N2CCCN2)cs1. The first-order chi connectivity index (χ1) is 4.97. The molecule has 1 radical (unpaired) electrons. The van der Waals surface area contributed by atoms with E-state index in [1.807, 2.05) is 5.38 Å². The third-order valence-corrected chi connectivity index (χ3v) is 2.04. The number of rotatable bonds is 1. The molecule has 0 spiro atoms. The summed E-state index contributed by atoms with van der Waals surface area (Å²) >= 11 is 1.51. The predicted molar refractivity (Wildman–Crippen MR) is 40.9 cm³/mol. The van der Waals surface area contributed by atoms with Gasteiger partial charge in [-0.15, -0.1) is 11.3 Å². The van der Waals surface area contributed by atoms with E-state index in [1.165, 1.54) is 17.8 Å². The number of nitrogens with zero attached hydrogens (tertiary/aromatic N) is 2. The lowest BCUT2D eigenvalue weighted by Crippen LogP contribution is -2.30. The van der Waals surface area contributed by atoms with E-state index in [0.29, 0.717) is 0 Å². The maximum atomic E-state index is 4.06. The minimum atomic E-state index is 1.00. The van der Waals surface area contributed by atoms with Gasteiger partial charge in [-0.25, -0.2) is 10.4 Å². The molecule has 1 N–H and O–H groups in total. The predicted octanol–water partition coefficient (Wildman–Crippen LogP) is 0.658. The van der Waals surface area contributed by atoms with Crippen LogP contribution >= 0.6 is 11.3 Å². The van der Waals surface area contributed by atoms with Crippen LogP contribution in [0, 0.1) is 5.51 Å². The van der Waals surface area contributed by atoms with Crippen molar-refractivity contribution in [1.29, 1.82) is 0 Å². The van der Waals surface area contributed by atoms with E-state index in [4.69, 9.17) is 0 Å². The van der Waals surface area contributed by atoms with Gasteiger partial charge in [0.1, 0.15) is 0 Å². The lowest BCUT2D eigenvalue weighted by molar-refractivity contribution is 0.776. The Bertz CT molecular complexity index is 191. The van der Waals surface area contributed by atoms with Gasteiger partial charge in [-0.1, -0.05) is 0 Å². The van der Waals surface area contributed by atoms with Gasteiger partial charge in [0.2, 0.25) is 0 Å². The highest BCUT2D eigenvalue weighted by molar-refractivity contribution is 7.07. The molecule has 3 nitrogen and oxygen atoms in total. The van der Waals surface area contributed by atoms with Crippen LogP contribution in [-0.4, -0.2) is 18.1 Å². The van der Waals surface area contributed by atoms with Gasteiger partial charge in [0.15, 0.2) is 11.3 Å². The molecule has 4 heteroatoms. The molecule has 1 aliphatic rings. The fourth-order valence-corrected chi connectivity index (χ4v) is 1.51. The summed E-state index contributed by atoms with van der Waals surface area (Å²) in [5.74, 6) is 1.00. The topological polar surface area (TPSA) is 28.2 Å². The molecule has 1 aromatic rings. The number of nitrogens with one attached hydrogen (secondary N) is 1. The third kappa shape index (κ3) is 0.998. The number of thiazole rings is 1.